The summed E-state index contributed by atoms with van der Waals surface area (Å²) in [6.07, 6.45) is 0.351. The van der Waals surface area contributed by atoms with Gasteiger partial charge in [0.25, 0.3) is 0 Å². The van der Waals surface area contributed by atoms with Crippen molar-refractivity contribution in [2.75, 3.05) is 0 Å². The highest BCUT2D eigenvalue weighted by Crippen LogP contribution is 2.33. The van der Waals surface area contributed by atoms with Gasteiger partial charge in [0.2, 0.25) is 0 Å². The van der Waals surface area contributed by atoms with Gasteiger partial charge in [-0.15, -0.1) is 13.2 Å². The van der Waals surface area contributed by atoms with E-state index in [1.807, 2.05) is 6.08 Å². The fraction of sp³-hybridized carbons (Fsp3) is 0.429. The minimum atomic E-state index is -4.87. The molecule has 104 valence electrons. The van der Waals surface area contributed by atoms with Crippen LogP contribution in [0.25, 0.3) is 6.08 Å². The maximum atomic E-state index is 13.6. The largest absolute Gasteiger partial charge is 0.573 e. The number of ether oxygens (including phenoxy) is 1. The van der Waals surface area contributed by atoms with Crippen molar-refractivity contribution in [2.45, 2.75) is 39.0 Å². The van der Waals surface area contributed by atoms with Crippen molar-refractivity contribution < 1.29 is 22.3 Å². The van der Waals surface area contributed by atoms with Gasteiger partial charge in [-0.25, -0.2) is 4.39 Å². The SMILES string of the molecule is CCCC1=Cc2cc(F)c(OC(F)(F)F)cc2CC1. The molecule has 0 heterocycles. The summed E-state index contributed by atoms with van der Waals surface area (Å²) >= 11 is 0. The molecule has 0 aromatic heterocycles. The fourth-order valence-electron chi connectivity index (χ4n) is 2.27. The number of hydrogen-bond acceptors (Lipinski definition) is 1. The van der Waals surface area contributed by atoms with E-state index in [4.69, 9.17) is 0 Å². The summed E-state index contributed by atoms with van der Waals surface area (Å²) in [5, 5.41) is 0. The Morgan fingerprint density at radius 1 is 1.21 bits per heavy atom. The Hall–Kier alpha value is -1.52. The summed E-state index contributed by atoms with van der Waals surface area (Å²) in [5.74, 6) is -1.73. The van der Waals surface area contributed by atoms with Gasteiger partial charge in [0.1, 0.15) is 0 Å². The van der Waals surface area contributed by atoms with E-state index in [1.165, 1.54) is 5.57 Å². The second-order valence-corrected chi connectivity index (χ2v) is 4.58. The number of halogens is 4. The predicted molar refractivity (Wildman–Crippen MR) is 64.3 cm³/mol. The molecule has 1 nitrogen and oxygen atoms in total. The molecule has 0 fully saturated rings. The average Bonchev–Trinajstić information content (AvgIpc) is 2.29. The molecule has 0 spiro atoms. The third-order valence-corrected chi connectivity index (χ3v) is 3.07. The lowest BCUT2D eigenvalue weighted by atomic mass is 9.90. The molecule has 0 N–H and O–H groups in total. The molecule has 1 aromatic carbocycles. The molecule has 19 heavy (non-hydrogen) atoms. The van der Waals surface area contributed by atoms with Crippen molar-refractivity contribution in [3.05, 3.63) is 34.6 Å². The Bertz CT molecular complexity index is 503. The molecule has 0 saturated heterocycles. The Morgan fingerprint density at radius 3 is 2.58 bits per heavy atom. The molecule has 0 unspecified atom stereocenters. The van der Waals surface area contributed by atoms with Gasteiger partial charge in [0.05, 0.1) is 0 Å². The van der Waals surface area contributed by atoms with Gasteiger partial charge in [0.15, 0.2) is 11.6 Å². The van der Waals surface area contributed by atoms with Crippen LogP contribution in [0, 0.1) is 5.82 Å². The van der Waals surface area contributed by atoms with Gasteiger partial charge in [-0.2, -0.15) is 0 Å². The molecule has 1 aliphatic carbocycles. The number of aryl methyl sites for hydroxylation is 1. The molecular formula is C14H14F4O. The third-order valence-electron chi connectivity index (χ3n) is 3.07. The van der Waals surface area contributed by atoms with Crippen LogP contribution in [-0.2, 0) is 6.42 Å². The monoisotopic (exact) mass is 274 g/mol. The lowest BCUT2D eigenvalue weighted by Crippen LogP contribution is -2.18. The van der Waals surface area contributed by atoms with Crippen molar-refractivity contribution in [3.8, 4) is 5.75 Å². The zero-order valence-electron chi connectivity index (χ0n) is 10.5. The number of allylic oxidation sites excluding steroid dienone is 1. The van der Waals surface area contributed by atoms with Crippen LogP contribution >= 0.6 is 0 Å². The standard InChI is InChI=1S/C14H14F4O/c1-2-3-9-4-5-10-8-13(19-14(16,17)18)12(15)7-11(10)6-9/h6-8H,2-5H2,1H3. The van der Waals surface area contributed by atoms with E-state index in [0.29, 0.717) is 17.5 Å². The van der Waals surface area contributed by atoms with Crippen molar-refractivity contribution in [3.63, 3.8) is 0 Å². The fourth-order valence-corrected chi connectivity index (χ4v) is 2.27. The first-order valence-electron chi connectivity index (χ1n) is 6.16. The van der Waals surface area contributed by atoms with Crippen molar-refractivity contribution in [1.29, 1.82) is 0 Å². The summed E-state index contributed by atoms with van der Waals surface area (Å²) in [6, 6.07) is 2.27. The summed E-state index contributed by atoms with van der Waals surface area (Å²) < 4.78 is 53.6. The van der Waals surface area contributed by atoms with Crippen LogP contribution in [0.3, 0.4) is 0 Å². The van der Waals surface area contributed by atoms with E-state index in [1.54, 1.807) is 0 Å². The van der Waals surface area contributed by atoms with Crippen LogP contribution < -0.4 is 4.74 Å². The van der Waals surface area contributed by atoms with Crippen LogP contribution in [0.1, 0.15) is 37.3 Å². The number of fused-ring (bicyclic) bond motifs is 1. The second-order valence-electron chi connectivity index (χ2n) is 4.58. The molecule has 0 amide bonds. The van der Waals surface area contributed by atoms with Gasteiger partial charge < -0.3 is 4.74 Å². The number of benzene rings is 1. The number of alkyl halides is 3. The summed E-state index contributed by atoms with van der Waals surface area (Å²) in [6.45, 7) is 2.05. The summed E-state index contributed by atoms with van der Waals surface area (Å²) in [7, 11) is 0. The van der Waals surface area contributed by atoms with Crippen LogP contribution in [0.4, 0.5) is 17.6 Å². The highest BCUT2D eigenvalue weighted by Gasteiger charge is 2.32. The molecule has 0 bridgehead atoms. The van der Waals surface area contributed by atoms with E-state index >= 15 is 0 Å². The molecule has 0 radical (unpaired) electrons. The highest BCUT2D eigenvalue weighted by molar-refractivity contribution is 5.61. The molecule has 0 aliphatic heterocycles. The minimum Gasteiger partial charge on any atom is -0.403 e. The van der Waals surface area contributed by atoms with Crippen LogP contribution in [0.2, 0.25) is 0 Å². The quantitative estimate of drug-likeness (QED) is 0.716. The van der Waals surface area contributed by atoms with Gasteiger partial charge >= 0.3 is 6.36 Å². The minimum absolute atomic E-state index is 0.621. The average molecular weight is 274 g/mol. The van der Waals surface area contributed by atoms with Crippen LogP contribution in [0.15, 0.2) is 17.7 Å². The first kappa shape index (κ1) is 13.9. The Labute approximate surface area is 108 Å². The van der Waals surface area contributed by atoms with Gasteiger partial charge in [0, 0.05) is 0 Å². The first-order chi connectivity index (χ1) is 8.89. The normalized spacial score (nSPS) is 14.9. The molecule has 1 aromatic rings. The molecule has 5 heteroatoms. The summed E-state index contributed by atoms with van der Waals surface area (Å²) in [5.41, 5.74) is 2.56. The zero-order valence-corrected chi connectivity index (χ0v) is 10.5. The van der Waals surface area contributed by atoms with Crippen molar-refractivity contribution in [1.82, 2.24) is 0 Å². The van der Waals surface area contributed by atoms with Gasteiger partial charge in [-0.1, -0.05) is 25.0 Å². The van der Waals surface area contributed by atoms with Crippen molar-refractivity contribution >= 4 is 6.08 Å². The third kappa shape index (κ3) is 3.49. The summed E-state index contributed by atoms with van der Waals surface area (Å²) in [4.78, 5) is 0. The molecule has 0 atom stereocenters. The first-order valence-corrected chi connectivity index (χ1v) is 6.16. The number of rotatable bonds is 3. The predicted octanol–water partition coefficient (Wildman–Crippen LogP) is 4.85. The van der Waals surface area contributed by atoms with E-state index in [0.717, 1.165) is 31.4 Å². The Kier molecular flexibility index (Phi) is 3.83. The van der Waals surface area contributed by atoms with Gasteiger partial charge in [-0.05, 0) is 42.5 Å². The van der Waals surface area contributed by atoms with Crippen molar-refractivity contribution in [2.24, 2.45) is 0 Å². The maximum Gasteiger partial charge on any atom is 0.573 e. The smallest absolute Gasteiger partial charge is 0.403 e. The highest BCUT2D eigenvalue weighted by atomic mass is 19.4. The second kappa shape index (κ2) is 5.23. The van der Waals surface area contributed by atoms with Gasteiger partial charge in [-0.3, -0.25) is 0 Å². The van der Waals surface area contributed by atoms with E-state index in [-0.39, 0.29) is 0 Å². The Morgan fingerprint density at radius 2 is 1.95 bits per heavy atom. The number of hydrogen-bond donors (Lipinski definition) is 0. The maximum absolute atomic E-state index is 13.6. The molecule has 0 saturated carbocycles. The van der Waals surface area contributed by atoms with Crippen LogP contribution in [-0.4, -0.2) is 6.36 Å². The molecule has 1 aliphatic rings. The lowest BCUT2D eigenvalue weighted by Gasteiger charge is -2.18. The van der Waals surface area contributed by atoms with E-state index in [9.17, 15) is 17.6 Å². The topological polar surface area (TPSA) is 9.23 Å². The molecule has 2 rings (SSSR count). The zero-order chi connectivity index (χ0) is 14.0. The lowest BCUT2D eigenvalue weighted by molar-refractivity contribution is -0.275. The van der Waals surface area contributed by atoms with E-state index < -0.39 is 17.9 Å². The van der Waals surface area contributed by atoms with Crippen LogP contribution in [0.5, 0.6) is 5.75 Å². The molecular weight excluding hydrogens is 260 g/mol. The van der Waals surface area contributed by atoms with E-state index in [2.05, 4.69) is 11.7 Å². The Balaban J connectivity index is 2.31.